The van der Waals surface area contributed by atoms with Gasteiger partial charge < -0.3 is 15.7 Å². The summed E-state index contributed by atoms with van der Waals surface area (Å²) in [6.45, 7) is 7.94. The molecular weight excluding hydrogens is 278 g/mol. The summed E-state index contributed by atoms with van der Waals surface area (Å²) in [5, 5.41) is 26.0. The summed E-state index contributed by atoms with van der Waals surface area (Å²) in [7, 11) is 0. The van der Waals surface area contributed by atoms with Crippen LogP contribution in [0.5, 0.6) is 0 Å². The minimum Gasteiger partial charge on any atom is -0.390 e. The lowest BCUT2D eigenvalue weighted by molar-refractivity contribution is 0.0182. The maximum Gasteiger partial charge on any atom is 0.225 e. The Bertz CT molecular complexity index is 571. The molecule has 1 heterocycles. The van der Waals surface area contributed by atoms with Crippen molar-refractivity contribution in [1.29, 1.82) is 5.26 Å². The van der Waals surface area contributed by atoms with Crippen molar-refractivity contribution in [2.45, 2.75) is 70.6 Å². The van der Waals surface area contributed by atoms with Crippen molar-refractivity contribution < 1.29 is 5.11 Å². The quantitative estimate of drug-likeness (QED) is 0.795. The zero-order valence-electron chi connectivity index (χ0n) is 13.8. The Morgan fingerprint density at radius 1 is 1.45 bits per heavy atom. The van der Waals surface area contributed by atoms with Crippen LogP contribution in [0.3, 0.4) is 0 Å². The lowest BCUT2D eigenvalue weighted by atomic mass is 9.83. The molecule has 0 aliphatic heterocycles. The summed E-state index contributed by atoms with van der Waals surface area (Å²) >= 11 is 0. The molecule has 6 heteroatoms. The molecule has 2 atom stereocenters. The average molecular weight is 303 g/mol. The van der Waals surface area contributed by atoms with Crippen LogP contribution in [0.2, 0.25) is 0 Å². The Labute approximate surface area is 132 Å². The van der Waals surface area contributed by atoms with Gasteiger partial charge in [-0.05, 0) is 53.4 Å². The van der Waals surface area contributed by atoms with Crippen LogP contribution in [0, 0.1) is 11.3 Å². The van der Waals surface area contributed by atoms with Crippen LogP contribution in [0.4, 0.5) is 11.8 Å². The number of nitrogens with one attached hydrogen (secondary N) is 2. The second kappa shape index (κ2) is 6.09. The third-order valence-electron chi connectivity index (χ3n) is 3.69. The van der Waals surface area contributed by atoms with Gasteiger partial charge in [-0.15, -0.1) is 0 Å². The van der Waals surface area contributed by atoms with E-state index in [0.29, 0.717) is 23.8 Å². The van der Waals surface area contributed by atoms with Crippen LogP contribution >= 0.6 is 0 Å². The second-order valence-electron chi connectivity index (χ2n) is 7.38. The smallest absolute Gasteiger partial charge is 0.225 e. The van der Waals surface area contributed by atoms with Gasteiger partial charge in [0.05, 0.1) is 11.8 Å². The Hall–Kier alpha value is -1.87. The van der Waals surface area contributed by atoms with Crippen LogP contribution < -0.4 is 10.6 Å². The van der Waals surface area contributed by atoms with E-state index in [4.69, 9.17) is 0 Å². The van der Waals surface area contributed by atoms with E-state index in [9.17, 15) is 10.4 Å². The SMILES string of the molecule is CC(C)(C)Nc1ncc(C#N)c(N[C@@H]2CCC[C@](C)(O)C2)n1. The molecule has 0 unspecified atom stereocenters. The van der Waals surface area contributed by atoms with Crippen LogP contribution in [0.15, 0.2) is 6.20 Å². The van der Waals surface area contributed by atoms with Crippen LogP contribution in [0.25, 0.3) is 0 Å². The Morgan fingerprint density at radius 2 is 2.18 bits per heavy atom. The lowest BCUT2D eigenvalue weighted by Crippen LogP contribution is -2.38. The average Bonchev–Trinajstić information content (AvgIpc) is 2.36. The maximum atomic E-state index is 10.2. The minimum absolute atomic E-state index is 0.119. The van der Waals surface area contributed by atoms with Gasteiger partial charge >= 0.3 is 0 Å². The molecule has 0 radical (unpaired) electrons. The fraction of sp³-hybridized carbons (Fsp3) is 0.688. The maximum absolute atomic E-state index is 10.2. The van der Waals surface area contributed by atoms with Gasteiger partial charge in [0.15, 0.2) is 0 Å². The molecule has 0 saturated heterocycles. The molecule has 120 valence electrons. The lowest BCUT2D eigenvalue weighted by Gasteiger charge is -2.34. The van der Waals surface area contributed by atoms with E-state index in [1.807, 2.05) is 27.7 Å². The normalized spacial score (nSPS) is 25.4. The van der Waals surface area contributed by atoms with Gasteiger partial charge in [0, 0.05) is 11.6 Å². The first-order valence-electron chi connectivity index (χ1n) is 7.73. The van der Waals surface area contributed by atoms with E-state index in [1.54, 1.807) is 0 Å². The van der Waals surface area contributed by atoms with Gasteiger partial charge in [-0.25, -0.2) is 4.98 Å². The van der Waals surface area contributed by atoms with Crippen molar-refractivity contribution in [2.24, 2.45) is 0 Å². The predicted octanol–water partition coefficient (Wildman–Crippen LogP) is 2.66. The zero-order valence-corrected chi connectivity index (χ0v) is 13.8. The summed E-state index contributed by atoms with van der Waals surface area (Å²) in [4.78, 5) is 8.62. The van der Waals surface area contributed by atoms with Gasteiger partial charge in [-0.1, -0.05) is 0 Å². The summed E-state index contributed by atoms with van der Waals surface area (Å²) in [6, 6.07) is 2.24. The van der Waals surface area contributed by atoms with Crippen LogP contribution in [-0.2, 0) is 0 Å². The molecule has 3 N–H and O–H groups in total. The first-order valence-corrected chi connectivity index (χ1v) is 7.73. The van der Waals surface area contributed by atoms with Gasteiger partial charge in [-0.3, -0.25) is 0 Å². The largest absolute Gasteiger partial charge is 0.390 e. The molecule has 1 aliphatic carbocycles. The fourth-order valence-corrected chi connectivity index (χ4v) is 2.75. The van der Waals surface area contributed by atoms with Gasteiger partial charge in [0.2, 0.25) is 5.95 Å². The zero-order chi connectivity index (χ0) is 16.4. The number of nitrogens with zero attached hydrogens (tertiary/aromatic N) is 3. The van der Waals surface area contributed by atoms with Crippen molar-refractivity contribution in [3.8, 4) is 6.07 Å². The summed E-state index contributed by atoms with van der Waals surface area (Å²) < 4.78 is 0. The molecule has 22 heavy (non-hydrogen) atoms. The molecule has 0 aromatic carbocycles. The van der Waals surface area contributed by atoms with E-state index in [2.05, 4.69) is 26.7 Å². The highest BCUT2D eigenvalue weighted by Crippen LogP contribution is 2.30. The number of aromatic nitrogens is 2. The summed E-state index contributed by atoms with van der Waals surface area (Å²) in [6.07, 6.45) is 4.93. The number of nitriles is 1. The molecular formula is C16H25N5O. The molecule has 0 bridgehead atoms. The van der Waals surface area contributed by atoms with E-state index < -0.39 is 5.60 Å². The second-order valence-corrected chi connectivity index (χ2v) is 7.38. The van der Waals surface area contributed by atoms with E-state index in [-0.39, 0.29) is 11.6 Å². The molecule has 0 spiro atoms. The summed E-state index contributed by atoms with van der Waals surface area (Å²) in [5.74, 6) is 1.03. The molecule has 1 saturated carbocycles. The molecule has 1 aliphatic rings. The topological polar surface area (TPSA) is 93.9 Å². The van der Waals surface area contributed by atoms with Crippen molar-refractivity contribution in [1.82, 2.24) is 9.97 Å². The van der Waals surface area contributed by atoms with Gasteiger partial charge in [0.25, 0.3) is 0 Å². The van der Waals surface area contributed by atoms with E-state index in [1.165, 1.54) is 6.20 Å². The summed E-state index contributed by atoms with van der Waals surface area (Å²) in [5.41, 5.74) is -0.382. The first-order chi connectivity index (χ1) is 10.2. The van der Waals surface area contributed by atoms with Crippen LogP contribution in [-0.4, -0.2) is 32.3 Å². The van der Waals surface area contributed by atoms with Crippen molar-refractivity contribution in [2.75, 3.05) is 10.6 Å². The molecule has 1 aromatic rings. The van der Waals surface area contributed by atoms with Gasteiger partial charge in [-0.2, -0.15) is 10.2 Å². The van der Waals surface area contributed by atoms with Crippen LogP contribution in [0.1, 0.15) is 58.9 Å². The molecule has 0 amide bonds. The van der Waals surface area contributed by atoms with Crippen molar-refractivity contribution in [3.05, 3.63) is 11.8 Å². The fourth-order valence-electron chi connectivity index (χ4n) is 2.75. The Balaban J connectivity index is 2.18. The Kier molecular flexibility index (Phi) is 4.57. The standard InChI is InChI=1S/C16H25N5O/c1-15(2,3)21-14-18-10-11(9-17)13(20-14)19-12-6-5-7-16(4,22)8-12/h10,12,22H,5-8H2,1-4H3,(H2,18,19,20,21)/t12-,16+/m1/s1. The number of rotatable bonds is 3. The molecule has 1 aromatic heterocycles. The number of hydrogen-bond donors (Lipinski definition) is 3. The number of anilines is 2. The molecule has 1 fully saturated rings. The number of hydrogen-bond acceptors (Lipinski definition) is 6. The predicted molar refractivity (Wildman–Crippen MR) is 86.6 cm³/mol. The van der Waals surface area contributed by atoms with E-state index in [0.717, 1.165) is 19.3 Å². The van der Waals surface area contributed by atoms with Crippen molar-refractivity contribution in [3.63, 3.8) is 0 Å². The highest BCUT2D eigenvalue weighted by molar-refractivity contribution is 5.54. The first kappa shape index (κ1) is 16.5. The monoisotopic (exact) mass is 303 g/mol. The molecule has 2 rings (SSSR count). The highest BCUT2D eigenvalue weighted by Gasteiger charge is 2.30. The third-order valence-corrected chi connectivity index (χ3v) is 3.69. The molecule has 6 nitrogen and oxygen atoms in total. The third kappa shape index (κ3) is 4.57. The van der Waals surface area contributed by atoms with E-state index >= 15 is 0 Å². The van der Waals surface area contributed by atoms with Crippen molar-refractivity contribution >= 4 is 11.8 Å². The Morgan fingerprint density at radius 3 is 2.77 bits per heavy atom. The number of aliphatic hydroxyl groups is 1. The minimum atomic E-state index is -0.651. The van der Waals surface area contributed by atoms with Gasteiger partial charge in [0.1, 0.15) is 17.5 Å². The highest BCUT2D eigenvalue weighted by atomic mass is 16.3.